The Balaban J connectivity index is 2.25. The molecule has 1 rings (SSSR count). The third kappa shape index (κ3) is 5.00. The molecule has 0 aliphatic rings. The van der Waals surface area contributed by atoms with E-state index in [0.717, 1.165) is 0 Å². The molecule has 0 heterocycles. The smallest absolute Gasteiger partial charge is 0.344 e. The summed E-state index contributed by atoms with van der Waals surface area (Å²) in [6, 6.07) is 10.4. The SMILES string of the molecule is N#CCCCOC(=O)COc1ccc(C#N)cc1. The molecule has 0 aromatic heterocycles. The minimum Gasteiger partial charge on any atom is -0.482 e. The van der Waals surface area contributed by atoms with Gasteiger partial charge in [-0.05, 0) is 30.7 Å². The Kier molecular flexibility index (Phi) is 5.79. The zero-order valence-corrected chi connectivity index (χ0v) is 9.76. The summed E-state index contributed by atoms with van der Waals surface area (Å²) in [5.41, 5.74) is 0.529. The summed E-state index contributed by atoms with van der Waals surface area (Å²) in [4.78, 5) is 11.2. The van der Waals surface area contributed by atoms with Crippen molar-refractivity contribution in [1.29, 1.82) is 10.5 Å². The lowest BCUT2D eigenvalue weighted by Gasteiger charge is -2.06. The molecule has 0 N–H and O–H groups in total. The molecule has 18 heavy (non-hydrogen) atoms. The van der Waals surface area contributed by atoms with Crippen LogP contribution >= 0.6 is 0 Å². The molecule has 0 unspecified atom stereocenters. The highest BCUT2D eigenvalue weighted by atomic mass is 16.6. The molecule has 0 bridgehead atoms. The number of hydrogen-bond acceptors (Lipinski definition) is 5. The van der Waals surface area contributed by atoms with Gasteiger partial charge in [-0.3, -0.25) is 0 Å². The second-order valence-corrected chi connectivity index (χ2v) is 3.41. The number of unbranched alkanes of at least 4 members (excludes halogenated alkanes) is 1. The number of rotatable bonds is 6. The normalized spacial score (nSPS) is 9.00. The Morgan fingerprint density at radius 1 is 1.22 bits per heavy atom. The van der Waals surface area contributed by atoms with E-state index < -0.39 is 5.97 Å². The van der Waals surface area contributed by atoms with Crippen molar-refractivity contribution in [2.75, 3.05) is 13.2 Å². The number of ether oxygens (including phenoxy) is 2. The number of carbonyl (C=O) groups excluding carboxylic acids is 1. The predicted molar refractivity (Wildman–Crippen MR) is 62.5 cm³/mol. The molecular weight excluding hydrogens is 232 g/mol. The van der Waals surface area contributed by atoms with E-state index in [2.05, 4.69) is 0 Å². The van der Waals surface area contributed by atoms with Crippen LogP contribution in [0.2, 0.25) is 0 Å². The highest BCUT2D eigenvalue weighted by Crippen LogP contribution is 2.11. The first-order valence-corrected chi connectivity index (χ1v) is 5.42. The summed E-state index contributed by atoms with van der Waals surface area (Å²) in [6.45, 7) is 0.0432. The van der Waals surface area contributed by atoms with Crippen LogP contribution in [0.5, 0.6) is 5.75 Å². The Bertz CT molecular complexity index is 468. The van der Waals surface area contributed by atoms with Gasteiger partial charge in [0.1, 0.15) is 5.75 Å². The van der Waals surface area contributed by atoms with Crippen molar-refractivity contribution in [3.63, 3.8) is 0 Å². The molecule has 0 amide bonds. The Morgan fingerprint density at radius 3 is 2.56 bits per heavy atom. The van der Waals surface area contributed by atoms with Crippen LogP contribution in [-0.2, 0) is 9.53 Å². The molecule has 1 aromatic carbocycles. The highest BCUT2D eigenvalue weighted by molar-refractivity contribution is 5.71. The highest BCUT2D eigenvalue weighted by Gasteiger charge is 2.04. The number of hydrogen-bond donors (Lipinski definition) is 0. The maximum atomic E-state index is 11.2. The van der Waals surface area contributed by atoms with E-state index in [4.69, 9.17) is 20.0 Å². The fourth-order valence-corrected chi connectivity index (χ4v) is 1.15. The lowest BCUT2D eigenvalue weighted by Crippen LogP contribution is -2.15. The van der Waals surface area contributed by atoms with E-state index in [1.54, 1.807) is 24.3 Å². The molecule has 0 atom stereocenters. The summed E-state index contributed by atoms with van der Waals surface area (Å²) >= 11 is 0. The molecule has 0 spiro atoms. The molecule has 0 saturated carbocycles. The lowest BCUT2D eigenvalue weighted by molar-refractivity contribution is -0.146. The van der Waals surface area contributed by atoms with Gasteiger partial charge in [-0.1, -0.05) is 0 Å². The average molecular weight is 244 g/mol. The summed E-state index contributed by atoms with van der Waals surface area (Å²) < 4.78 is 10.0. The molecule has 5 nitrogen and oxygen atoms in total. The van der Waals surface area contributed by atoms with Gasteiger partial charge < -0.3 is 9.47 Å². The maximum Gasteiger partial charge on any atom is 0.344 e. The Labute approximate surface area is 105 Å². The van der Waals surface area contributed by atoms with Gasteiger partial charge in [-0.15, -0.1) is 0 Å². The van der Waals surface area contributed by atoms with Crippen molar-refractivity contribution in [2.24, 2.45) is 0 Å². The van der Waals surface area contributed by atoms with E-state index in [1.165, 1.54) is 0 Å². The Hall–Kier alpha value is -2.53. The molecule has 0 fully saturated rings. The number of benzene rings is 1. The fraction of sp³-hybridized carbons (Fsp3) is 0.308. The van der Waals surface area contributed by atoms with Crippen LogP contribution in [0.3, 0.4) is 0 Å². The maximum absolute atomic E-state index is 11.2. The Morgan fingerprint density at radius 2 is 1.94 bits per heavy atom. The standard InChI is InChI=1S/C13H12N2O3/c14-7-1-2-8-17-13(16)10-18-12-5-3-11(9-15)4-6-12/h3-6H,1-2,8,10H2. The van der Waals surface area contributed by atoms with Gasteiger partial charge in [-0.2, -0.15) is 10.5 Å². The van der Waals surface area contributed by atoms with Gasteiger partial charge >= 0.3 is 5.97 Å². The summed E-state index contributed by atoms with van der Waals surface area (Å²) in [5.74, 6) is 0.0280. The van der Waals surface area contributed by atoms with Crippen LogP contribution in [0.1, 0.15) is 18.4 Å². The number of nitriles is 2. The summed E-state index contributed by atoms with van der Waals surface area (Å²) in [6.07, 6.45) is 0.892. The zero-order chi connectivity index (χ0) is 13.2. The van der Waals surface area contributed by atoms with E-state index in [1.807, 2.05) is 12.1 Å². The quantitative estimate of drug-likeness (QED) is 0.562. The van der Waals surface area contributed by atoms with Crippen LogP contribution in [0, 0.1) is 22.7 Å². The predicted octanol–water partition coefficient (Wildman–Crippen LogP) is 1.78. The molecule has 5 heteroatoms. The third-order valence-corrected chi connectivity index (χ3v) is 2.04. The van der Waals surface area contributed by atoms with E-state index in [9.17, 15) is 4.79 Å². The number of nitrogens with zero attached hydrogens (tertiary/aromatic N) is 2. The molecular formula is C13H12N2O3. The van der Waals surface area contributed by atoms with Gasteiger partial charge in [0.15, 0.2) is 6.61 Å². The first kappa shape index (κ1) is 13.5. The first-order valence-electron chi connectivity index (χ1n) is 5.42. The second-order valence-electron chi connectivity index (χ2n) is 3.41. The van der Waals surface area contributed by atoms with Gasteiger partial charge in [0, 0.05) is 6.42 Å². The summed E-state index contributed by atoms with van der Waals surface area (Å²) in [7, 11) is 0. The second kappa shape index (κ2) is 7.70. The van der Waals surface area contributed by atoms with Crippen molar-refractivity contribution in [3.8, 4) is 17.9 Å². The average Bonchev–Trinajstić information content (AvgIpc) is 2.42. The van der Waals surface area contributed by atoms with E-state index >= 15 is 0 Å². The summed E-state index contributed by atoms with van der Waals surface area (Å²) in [5, 5.41) is 16.9. The molecule has 0 aliphatic carbocycles. The van der Waals surface area contributed by atoms with E-state index in [-0.39, 0.29) is 13.2 Å². The van der Waals surface area contributed by atoms with Crippen molar-refractivity contribution >= 4 is 5.97 Å². The van der Waals surface area contributed by atoms with Crippen LogP contribution in [0.4, 0.5) is 0 Å². The largest absolute Gasteiger partial charge is 0.482 e. The molecule has 1 aromatic rings. The topological polar surface area (TPSA) is 83.1 Å². The fourth-order valence-electron chi connectivity index (χ4n) is 1.15. The van der Waals surface area contributed by atoms with Gasteiger partial charge in [0.25, 0.3) is 0 Å². The van der Waals surface area contributed by atoms with Crippen molar-refractivity contribution < 1.29 is 14.3 Å². The van der Waals surface area contributed by atoms with Crippen LogP contribution in [-0.4, -0.2) is 19.2 Å². The van der Waals surface area contributed by atoms with Crippen LogP contribution < -0.4 is 4.74 Å². The monoisotopic (exact) mass is 244 g/mol. The number of esters is 1. The first-order chi connectivity index (χ1) is 8.76. The molecule has 92 valence electrons. The van der Waals surface area contributed by atoms with Gasteiger partial charge in [0.05, 0.1) is 24.3 Å². The molecule has 0 saturated heterocycles. The third-order valence-electron chi connectivity index (χ3n) is 2.04. The van der Waals surface area contributed by atoms with Crippen LogP contribution in [0.15, 0.2) is 24.3 Å². The lowest BCUT2D eigenvalue weighted by atomic mass is 10.2. The van der Waals surface area contributed by atoms with Gasteiger partial charge in [-0.25, -0.2) is 4.79 Å². The van der Waals surface area contributed by atoms with Crippen molar-refractivity contribution in [1.82, 2.24) is 0 Å². The van der Waals surface area contributed by atoms with E-state index in [0.29, 0.717) is 24.2 Å². The molecule has 0 aliphatic heterocycles. The molecule has 0 radical (unpaired) electrons. The number of carbonyl (C=O) groups is 1. The van der Waals surface area contributed by atoms with Crippen molar-refractivity contribution in [3.05, 3.63) is 29.8 Å². The van der Waals surface area contributed by atoms with Crippen molar-refractivity contribution in [2.45, 2.75) is 12.8 Å². The van der Waals surface area contributed by atoms with Gasteiger partial charge in [0.2, 0.25) is 0 Å². The van der Waals surface area contributed by atoms with Crippen LogP contribution in [0.25, 0.3) is 0 Å². The minimum absolute atomic E-state index is 0.182. The zero-order valence-electron chi connectivity index (χ0n) is 9.76. The minimum atomic E-state index is -0.475.